The fourth-order valence-corrected chi connectivity index (χ4v) is 2.39. The molecule has 0 bridgehead atoms. The normalized spacial score (nSPS) is 19.0. The number of alkyl carbamates (subject to hydrolysis) is 1. The Kier molecular flexibility index (Phi) is 6.28. The highest BCUT2D eigenvalue weighted by Gasteiger charge is 2.40. The van der Waals surface area contributed by atoms with E-state index in [1.54, 1.807) is 12.1 Å². The molecule has 0 radical (unpaired) electrons. The van der Waals surface area contributed by atoms with Gasteiger partial charge in [-0.1, -0.05) is 25.5 Å². The smallest absolute Gasteiger partial charge is 0.444 e. The first kappa shape index (κ1) is 19.1. The molecule has 25 heavy (non-hydrogen) atoms. The fourth-order valence-electron chi connectivity index (χ4n) is 2.39. The van der Waals surface area contributed by atoms with E-state index in [4.69, 9.17) is 14.2 Å². The summed E-state index contributed by atoms with van der Waals surface area (Å²) in [7, 11) is 0. The van der Waals surface area contributed by atoms with Gasteiger partial charge in [0.05, 0.1) is 6.61 Å². The summed E-state index contributed by atoms with van der Waals surface area (Å²) < 4.78 is 15.3. The van der Waals surface area contributed by atoms with Crippen LogP contribution in [0.2, 0.25) is 0 Å². The lowest BCUT2D eigenvalue weighted by Crippen LogP contribution is -2.34. The molecule has 1 saturated carbocycles. The van der Waals surface area contributed by atoms with E-state index in [0.717, 1.165) is 24.8 Å². The summed E-state index contributed by atoms with van der Waals surface area (Å²) in [4.78, 5) is 23.3. The summed E-state index contributed by atoms with van der Waals surface area (Å²) in [5.41, 5.74) is 0.590. The number of carbonyl (C=O) groups excluding carboxylic acids is 2. The minimum atomic E-state index is -0.683. The van der Waals surface area contributed by atoms with Gasteiger partial charge in [0.25, 0.3) is 0 Å². The molecule has 0 spiro atoms. The Labute approximate surface area is 148 Å². The van der Waals surface area contributed by atoms with E-state index in [1.807, 2.05) is 39.8 Å². The minimum absolute atomic E-state index is 0.0839. The number of carbonyl (C=O) groups is 2. The second-order valence-electron chi connectivity index (χ2n) is 7.22. The zero-order valence-electron chi connectivity index (χ0n) is 15.3. The van der Waals surface area contributed by atoms with Gasteiger partial charge >= 0.3 is 12.2 Å². The second-order valence-corrected chi connectivity index (χ2v) is 7.22. The SMILES string of the molecule is CCCCOC(=O)Oc1ccc([C@@H]2C[C@H]2NC(=O)OC(C)(C)C)cc1. The topological polar surface area (TPSA) is 73.9 Å². The Morgan fingerprint density at radius 3 is 2.48 bits per heavy atom. The number of hydrogen-bond donors (Lipinski definition) is 1. The quantitative estimate of drug-likeness (QED) is 0.468. The molecule has 1 aliphatic rings. The van der Waals surface area contributed by atoms with E-state index >= 15 is 0 Å². The van der Waals surface area contributed by atoms with Crippen LogP contribution in [0.5, 0.6) is 5.75 Å². The first-order chi connectivity index (χ1) is 11.8. The van der Waals surface area contributed by atoms with Gasteiger partial charge in [-0.3, -0.25) is 0 Å². The highest BCUT2D eigenvalue weighted by Crippen LogP contribution is 2.41. The lowest BCUT2D eigenvalue weighted by molar-refractivity contribution is 0.0522. The van der Waals surface area contributed by atoms with Gasteiger partial charge in [0, 0.05) is 12.0 Å². The number of nitrogens with one attached hydrogen (secondary N) is 1. The van der Waals surface area contributed by atoms with Crippen LogP contribution in [-0.4, -0.2) is 30.5 Å². The van der Waals surface area contributed by atoms with Crippen molar-refractivity contribution in [3.63, 3.8) is 0 Å². The molecule has 1 N–H and O–H groups in total. The third kappa shape index (κ3) is 6.64. The molecule has 0 unspecified atom stereocenters. The maximum Gasteiger partial charge on any atom is 0.513 e. The molecule has 2 rings (SSSR count). The molecule has 1 fully saturated rings. The van der Waals surface area contributed by atoms with Crippen molar-refractivity contribution in [1.29, 1.82) is 0 Å². The largest absolute Gasteiger partial charge is 0.513 e. The van der Waals surface area contributed by atoms with Crippen molar-refractivity contribution in [2.24, 2.45) is 0 Å². The van der Waals surface area contributed by atoms with Crippen LogP contribution in [0.15, 0.2) is 24.3 Å². The van der Waals surface area contributed by atoms with Gasteiger partial charge in [0.1, 0.15) is 11.4 Å². The van der Waals surface area contributed by atoms with Crippen molar-refractivity contribution in [3.05, 3.63) is 29.8 Å². The molecule has 1 aromatic carbocycles. The summed E-state index contributed by atoms with van der Waals surface area (Å²) in [5.74, 6) is 0.709. The predicted octanol–water partition coefficient (Wildman–Crippen LogP) is 4.38. The highest BCUT2D eigenvalue weighted by molar-refractivity contribution is 5.69. The number of hydrogen-bond acceptors (Lipinski definition) is 5. The Morgan fingerprint density at radius 2 is 1.88 bits per heavy atom. The van der Waals surface area contributed by atoms with Gasteiger partial charge in [-0.2, -0.15) is 0 Å². The number of ether oxygens (including phenoxy) is 3. The maximum atomic E-state index is 11.8. The summed E-state index contributed by atoms with van der Waals surface area (Å²) in [6.45, 7) is 7.90. The summed E-state index contributed by atoms with van der Waals surface area (Å²) in [5, 5.41) is 2.87. The van der Waals surface area contributed by atoms with Crippen LogP contribution in [0.25, 0.3) is 0 Å². The van der Waals surface area contributed by atoms with Gasteiger partial charge in [0.2, 0.25) is 0 Å². The fraction of sp³-hybridized carbons (Fsp3) is 0.579. The summed E-state index contributed by atoms with van der Waals surface area (Å²) >= 11 is 0. The van der Waals surface area contributed by atoms with Gasteiger partial charge in [0.15, 0.2) is 0 Å². The molecule has 6 nitrogen and oxygen atoms in total. The number of unbranched alkanes of at least 4 members (excludes halogenated alkanes) is 1. The number of benzene rings is 1. The van der Waals surface area contributed by atoms with Crippen molar-refractivity contribution in [2.45, 2.75) is 64.5 Å². The Morgan fingerprint density at radius 1 is 1.20 bits per heavy atom. The molecular formula is C19H27NO5. The molecule has 0 aromatic heterocycles. The van der Waals surface area contributed by atoms with E-state index in [0.29, 0.717) is 12.4 Å². The number of rotatable bonds is 6. The van der Waals surface area contributed by atoms with E-state index in [1.165, 1.54) is 0 Å². The summed E-state index contributed by atoms with van der Waals surface area (Å²) in [6.07, 6.45) is 1.58. The average molecular weight is 349 g/mol. The predicted molar refractivity (Wildman–Crippen MR) is 93.8 cm³/mol. The maximum absolute atomic E-state index is 11.8. The van der Waals surface area contributed by atoms with Crippen molar-refractivity contribution >= 4 is 12.2 Å². The lowest BCUT2D eigenvalue weighted by atomic mass is 10.1. The zero-order chi connectivity index (χ0) is 18.4. The molecule has 1 aromatic rings. The highest BCUT2D eigenvalue weighted by atomic mass is 16.7. The third-order valence-electron chi connectivity index (χ3n) is 3.72. The van der Waals surface area contributed by atoms with E-state index in [9.17, 15) is 9.59 Å². The Hall–Kier alpha value is -2.24. The van der Waals surface area contributed by atoms with Crippen molar-refractivity contribution in [2.75, 3.05) is 6.61 Å². The molecule has 0 aliphatic heterocycles. The first-order valence-electron chi connectivity index (χ1n) is 8.72. The number of amides is 1. The van der Waals surface area contributed by atoms with E-state index < -0.39 is 17.8 Å². The molecule has 0 heterocycles. The van der Waals surface area contributed by atoms with Crippen molar-refractivity contribution in [1.82, 2.24) is 5.32 Å². The Balaban J connectivity index is 1.77. The molecular weight excluding hydrogens is 322 g/mol. The van der Waals surface area contributed by atoms with Gasteiger partial charge in [-0.05, 0) is 51.3 Å². The van der Waals surface area contributed by atoms with Crippen LogP contribution in [0.1, 0.15) is 58.4 Å². The minimum Gasteiger partial charge on any atom is -0.444 e. The molecule has 0 saturated heterocycles. The molecule has 1 aliphatic carbocycles. The van der Waals surface area contributed by atoms with Crippen LogP contribution in [0.3, 0.4) is 0 Å². The third-order valence-corrected chi connectivity index (χ3v) is 3.72. The Bertz CT molecular complexity index is 591. The van der Waals surface area contributed by atoms with Crippen LogP contribution < -0.4 is 10.1 Å². The zero-order valence-corrected chi connectivity index (χ0v) is 15.3. The van der Waals surface area contributed by atoms with Gasteiger partial charge < -0.3 is 19.5 Å². The van der Waals surface area contributed by atoms with Crippen LogP contribution in [-0.2, 0) is 9.47 Å². The second kappa shape index (κ2) is 8.23. The molecule has 138 valence electrons. The standard InChI is InChI=1S/C19H27NO5/c1-5-6-11-23-18(22)24-14-9-7-13(8-10-14)15-12-16(15)20-17(21)25-19(2,3)4/h7-10,15-16H,5-6,11-12H2,1-4H3,(H,20,21)/t15-,16+/m0/s1. The van der Waals surface area contributed by atoms with Crippen molar-refractivity contribution in [3.8, 4) is 5.75 Å². The average Bonchev–Trinajstić information content (AvgIpc) is 3.25. The van der Waals surface area contributed by atoms with Crippen LogP contribution in [0.4, 0.5) is 9.59 Å². The monoisotopic (exact) mass is 349 g/mol. The van der Waals surface area contributed by atoms with Gasteiger partial charge in [-0.25, -0.2) is 9.59 Å². The first-order valence-corrected chi connectivity index (χ1v) is 8.72. The van der Waals surface area contributed by atoms with E-state index in [-0.39, 0.29) is 12.0 Å². The molecule has 6 heteroatoms. The molecule has 1 amide bonds. The van der Waals surface area contributed by atoms with E-state index in [2.05, 4.69) is 5.32 Å². The van der Waals surface area contributed by atoms with Crippen LogP contribution >= 0.6 is 0 Å². The van der Waals surface area contributed by atoms with Crippen molar-refractivity contribution < 1.29 is 23.8 Å². The van der Waals surface area contributed by atoms with Crippen LogP contribution in [0, 0.1) is 0 Å². The molecule has 2 atom stereocenters. The summed E-state index contributed by atoms with van der Waals surface area (Å²) in [6, 6.07) is 7.35. The lowest BCUT2D eigenvalue weighted by Gasteiger charge is -2.19. The van der Waals surface area contributed by atoms with Gasteiger partial charge in [-0.15, -0.1) is 0 Å².